The molecular formula is C17H19N3O4S. The summed E-state index contributed by atoms with van der Waals surface area (Å²) in [7, 11) is -4.05. The van der Waals surface area contributed by atoms with Crippen molar-refractivity contribution in [1.82, 2.24) is 0 Å². The average molecular weight is 361 g/mol. The van der Waals surface area contributed by atoms with Gasteiger partial charge in [0.15, 0.2) is 4.90 Å². The van der Waals surface area contributed by atoms with E-state index in [1.54, 1.807) is 12.1 Å². The van der Waals surface area contributed by atoms with Crippen LogP contribution in [0.5, 0.6) is 0 Å². The summed E-state index contributed by atoms with van der Waals surface area (Å²) < 4.78 is 27.7. The Morgan fingerprint density at radius 2 is 1.84 bits per heavy atom. The number of hydrogen-bond acceptors (Lipinski definition) is 5. The van der Waals surface area contributed by atoms with Gasteiger partial charge in [-0.15, -0.1) is 0 Å². The van der Waals surface area contributed by atoms with Gasteiger partial charge in [-0.2, -0.15) is 0 Å². The SMILES string of the molecule is NCCC1Cc2ccccc2N(S(=O)(=O)c2ccccc2[N+](=O)[O-])C1. The zero-order valence-electron chi connectivity index (χ0n) is 13.5. The fourth-order valence-corrected chi connectivity index (χ4v) is 4.98. The highest BCUT2D eigenvalue weighted by Gasteiger charge is 2.36. The van der Waals surface area contributed by atoms with Crippen LogP contribution in [-0.2, 0) is 16.4 Å². The number of anilines is 1. The Balaban J connectivity index is 2.12. The zero-order valence-corrected chi connectivity index (χ0v) is 14.4. The van der Waals surface area contributed by atoms with Crippen LogP contribution in [0.2, 0.25) is 0 Å². The van der Waals surface area contributed by atoms with E-state index in [0.717, 1.165) is 12.0 Å². The first-order chi connectivity index (χ1) is 11.9. The van der Waals surface area contributed by atoms with Crippen LogP contribution in [0.3, 0.4) is 0 Å². The predicted molar refractivity (Wildman–Crippen MR) is 94.9 cm³/mol. The molecule has 3 rings (SSSR count). The van der Waals surface area contributed by atoms with Gasteiger partial charge in [-0.25, -0.2) is 8.42 Å². The third kappa shape index (κ3) is 3.22. The Labute approximate surface area is 146 Å². The van der Waals surface area contributed by atoms with E-state index in [0.29, 0.717) is 18.7 Å². The van der Waals surface area contributed by atoms with E-state index in [9.17, 15) is 18.5 Å². The van der Waals surface area contributed by atoms with Crippen LogP contribution in [0.1, 0.15) is 12.0 Å². The largest absolute Gasteiger partial charge is 0.330 e. The molecule has 1 aliphatic rings. The zero-order chi connectivity index (χ0) is 18.0. The number of rotatable bonds is 5. The minimum atomic E-state index is -4.05. The maximum Gasteiger partial charge on any atom is 0.289 e. The smallest absolute Gasteiger partial charge is 0.289 e. The lowest BCUT2D eigenvalue weighted by atomic mass is 9.91. The van der Waals surface area contributed by atoms with Crippen molar-refractivity contribution in [3.05, 3.63) is 64.2 Å². The molecule has 132 valence electrons. The van der Waals surface area contributed by atoms with Crippen molar-refractivity contribution in [2.75, 3.05) is 17.4 Å². The van der Waals surface area contributed by atoms with E-state index < -0.39 is 20.6 Å². The molecule has 1 atom stereocenters. The van der Waals surface area contributed by atoms with Gasteiger partial charge in [0, 0.05) is 12.6 Å². The second-order valence-electron chi connectivity index (χ2n) is 6.04. The highest BCUT2D eigenvalue weighted by Crippen LogP contribution is 2.36. The number of hydrogen-bond donors (Lipinski definition) is 1. The lowest BCUT2D eigenvalue weighted by molar-refractivity contribution is -0.387. The average Bonchev–Trinajstić information content (AvgIpc) is 2.61. The standard InChI is InChI=1S/C17H19N3O4S/c18-10-9-13-11-14-5-1-2-6-15(14)19(12-13)25(23,24)17-8-4-3-7-16(17)20(21)22/h1-8,13H,9-12,18H2. The summed E-state index contributed by atoms with van der Waals surface area (Å²) in [5.41, 5.74) is 6.72. The van der Waals surface area contributed by atoms with Gasteiger partial charge in [-0.05, 0) is 43.0 Å². The van der Waals surface area contributed by atoms with Gasteiger partial charge in [-0.1, -0.05) is 30.3 Å². The molecule has 2 N–H and O–H groups in total. The molecule has 0 radical (unpaired) electrons. The molecule has 0 saturated heterocycles. The molecule has 2 aromatic carbocycles. The lowest BCUT2D eigenvalue weighted by Gasteiger charge is -2.35. The molecule has 2 aromatic rings. The van der Waals surface area contributed by atoms with Gasteiger partial charge in [0.2, 0.25) is 0 Å². The van der Waals surface area contributed by atoms with Crippen LogP contribution in [0.4, 0.5) is 11.4 Å². The second-order valence-corrected chi connectivity index (χ2v) is 7.87. The first-order valence-corrected chi connectivity index (χ1v) is 9.43. The number of sulfonamides is 1. The molecule has 0 bridgehead atoms. The van der Waals surface area contributed by atoms with Gasteiger partial charge in [0.25, 0.3) is 15.7 Å². The van der Waals surface area contributed by atoms with Crippen LogP contribution in [0, 0.1) is 16.0 Å². The first kappa shape index (κ1) is 17.4. The minimum Gasteiger partial charge on any atom is -0.330 e. The summed E-state index contributed by atoms with van der Waals surface area (Å²) in [5.74, 6) is 0.0810. The maximum atomic E-state index is 13.2. The lowest BCUT2D eigenvalue weighted by Crippen LogP contribution is -2.40. The molecule has 7 nitrogen and oxygen atoms in total. The Morgan fingerprint density at radius 3 is 2.56 bits per heavy atom. The topological polar surface area (TPSA) is 107 Å². The van der Waals surface area contributed by atoms with E-state index in [1.165, 1.54) is 28.6 Å². The molecule has 0 amide bonds. The number of nitrogens with two attached hydrogens (primary N) is 1. The fourth-order valence-electron chi connectivity index (χ4n) is 3.24. The number of nitro benzene ring substituents is 1. The molecule has 0 spiro atoms. The molecule has 0 saturated carbocycles. The van der Waals surface area contributed by atoms with Crippen molar-refractivity contribution in [2.45, 2.75) is 17.7 Å². The maximum absolute atomic E-state index is 13.2. The molecule has 1 aliphatic heterocycles. The van der Waals surface area contributed by atoms with Gasteiger partial charge in [-0.3, -0.25) is 14.4 Å². The van der Waals surface area contributed by atoms with E-state index in [2.05, 4.69) is 0 Å². The van der Waals surface area contributed by atoms with E-state index in [1.807, 2.05) is 12.1 Å². The van der Waals surface area contributed by atoms with Crippen molar-refractivity contribution >= 4 is 21.4 Å². The number of fused-ring (bicyclic) bond motifs is 1. The van der Waals surface area contributed by atoms with E-state index in [4.69, 9.17) is 5.73 Å². The van der Waals surface area contributed by atoms with Crippen molar-refractivity contribution in [1.29, 1.82) is 0 Å². The summed E-state index contributed by atoms with van der Waals surface area (Å²) in [4.78, 5) is 10.3. The quantitative estimate of drug-likeness (QED) is 0.650. The fraction of sp³-hybridized carbons (Fsp3) is 0.294. The highest BCUT2D eigenvalue weighted by molar-refractivity contribution is 7.93. The minimum absolute atomic E-state index is 0.0810. The third-order valence-electron chi connectivity index (χ3n) is 4.40. The van der Waals surface area contributed by atoms with Crippen molar-refractivity contribution in [3.8, 4) is 0 Å². The normalized spacial score (nSPS) is 17.2. The summed E-state index contributed by atoms with van der Waals surface area (Å²) in [6.45, 7) is 0.731. The molecule has 0 aliphatic carbocycles. The Bertz CT molecular complexity index is 898. The number of nitro groups is 1. The number of para-hydroxylation sites is 2. The first-order valence-electron chi connectivity index (χ1n) is 7.99. The van der Waals surface area contributed by atoms with Crippen molar-refractivity contribution in [2.24, 2.45) is 11.7 Å². The summed E-state index contributed by atoms with van der Waals surface area (Å²) in [6, 6.07) is 12.7. The predicted octanol–water partition coefficient (Wildman–Crippen LogP) is 2.31. The van der Waals surface area contributed by atoms with Crippen molar-refractivity contribution in [3.63, 3.8) is 0 Å². The Morgan fingerprint density at radius 1 is 1.16 bits per heavy atom. The van der Waals surface area contributed by atoms with Crippen molar-refractivity contribution < 1.29 is 13.3 Å². The van der Waals surface area contributed by atoms with Gasteiger partial charge < -0.3 is 5.73 Å². The Kier molecular flexibility index (Phi) is 4.73. The summed E-state index contributed by atoms with van der Waals surface area (Å²) in [5, 5.41) is 11.3. The molecule has 25 heavy (non-hydrogen) atoms. The van der Waals surface area contributed by atoms with Gasteiger partial charge >= 0.3 is 0 Å². The van der Waals surface area contributed by atoms with Crippen LogP contribution in [0.25, 0.3) is 0 Å². The molecule has 1 heterocycles. The summed E-state index contributed by atoms with van der Waals surface area (Å²) in [6.07, 6.45) is 1.44. The molecule has 0 fully saturated rings. The van der Waals surface area contributed by atoms with Crippen LogP contribution >= 0.6 is 0 Å². The second kappa shape index (κ2) is 6.81. The van der Waals surface area contributed by atoms with Crippen LogP contribution in [-0.4, -0.2) is 26.4 Å². The Hall–Kier alpha value is -2.45. The molecule has 1 unspecified atom stereocenters. The van der Waals surface area contributed by atoms with Crippen LogP contribution < -0.4 is 10.0 Å². The number of nitrogens with zero attached hydrogens (tertiary/aromatic N) is 2. The third-order valence-corrected chi connectivity index (χ3v) is 6.22. The van der Waals surface area contributed by atoms with Gasteiger partial charge in [0.1, 0.15) is 0 Å². The van der Waals surface area contributed by atoms with E-state index in [-0.39, 0.29) is 17.4 Å². The number of benzene rings is 2. The summed E-state index contributed by atoms with van der Waals surface area (Å²) >= 11 is 0. The molecule has 8 heteroatoms. The molecule has 0 aromatic heterocycles. The molecular weight excluding hydrogens is 342 g/mol. The van der Waals surface area contributed by atoms with Gasteiger partial charge in [0.05, 0.1) is 10.6 Å². The highest BCUT2D eigenvalue weighted by atomic mass is 32.2. The van der Waals surface area contributed by atoms with Crippen LogP contribution in [0.15, 0.2) is 53.4 Å². The van der Waals surface area contributed by atoms with E-state index >= 15 is 0 Å². The monoisotopic (exact) mass is 361 g/mol.